The number of urea groups is 1. The molecule has 122 valence electrons. The van der Waals surface area contributed by atoms with Gasteiger partial charge in [-0.25, -0.2) is 18.5 Å². The third kappa shape index (κ3) is 2.37. The molecule has 1 atom stereocenters. The van der Waals surface area contributed by atoms with Gasteiger partial charge in [-0.15, -0.1) is 0 Å². The molecule has 23 heavy (non-hydrogen) atoms. The second-order valence-corrected chi connectivity index (χ2v) is 6.83. The first-order valence-electron chi connectivity index (χ1n) is 6.83. The van der Waals surface area contributed by atoms with Crippen LogP contribution in [-0.4, -0.2) is 41.4 Å². The lowest BCUT2D eigenvalue weighted by Crippen LogP contribution is -2.72. The van der Waals surface area contributed by atoms with Gasteiger partial charge in [0.2, 0.25) is 11.8 Å². The van der Waals surface area contributed by atoms with Crippen LogP contribution in [0.25, 0.3) is 0 Å². The Morgan fingerprint density at radius 2 is 1.83 bits per heavy atom. The molecular weight excluding hydrogens is 423 g/mol. The molecule has 0 bridgehead atoms. The molecule has 0 saturated carbocycles. The largest absolute Gasteiger partial charge is 0.352 e. The van der Waals surface area contributed by atoms with Crippen molar-refractivity contribution in [1.29, 1.82) is 0 Å². The summed E-state index contributed by atoms with van der Waals surface area (Å²) in [7, 11) is 0. The zero-order chi connectivity index (χ0) is 16.9. The van der Waals surface area contributed by atoms with E-state index in [1.165, 1.54) is 11.8 Å². The van der Waals surface area contributed by atoms with E-state index in [2.05, 4.69) is 5.32 Å². The zero-order valence-electron chi connectivity index (χ0n) is 12.0. The van der Waals surface area contributed by atoms with Crippen molar-refractivity contribution in [2.75, 3.05) is 18.0 Å². The molecule has 2 saturated heterocycles. The lowest BCUT2D eigenvalue weighted by atomic mass is 9.89. The van der Waals surface area contributed by atoms with Crippen molar-refractivity contribution in [3.8, 4) is 0 Å². The van der Waals surface area contributed by atoms with Crippen LogP contribution < -0.4 is 10.2 Å². The van der Waals surface area contributed by atoms with Crippen molar-refractivity contribution >= 4 is 46.1 Å². The summed E-state index contributed by atoms with van der Waals surface area (Å²) in [6.45, 7) is 1.85. The monoisotopic (exact) mass is 435 g/mol. The van der Waals surface area contributed by atoms with Gasteiger partial charge in [-0.1, -0.05) is 0 Å². The van der Waals surface area contributed by atoms with Crippen LogP contribution in [0.5, 0.6) is 0 Å². The first-order chi connectivity index (χ1) is 10.8. The third-order valence-electron chi connectivity index (χ3n) is 4.08. The highest BCUT2D eigenvalue weighted by Crippen LogP contribution is 2.35. The number of fused-ring (bicyclic) bond motifs is 1. The number of amides is 4. The molecule has 1 N–H and O–H groups in total. The van der Waals surface area contributed by atoms with Crippen molar-refractivity contribution in [3.05, 3.63) is 27.3 Å². The van der Waals surface area contributed by atoms with Crippen LogP contribution in [0.4, 0.5) is 19.3 Å². The summed E-state index contributed by atoms with van der Waals surface area (Å²) in [5, 5.41) is 2.59. The Bertz CT molecular complexity index is 719. The maximum absolute atomic E-state index is 14.1. The number of anilines is 1. The van der Waals surface area contributed by atoms with Crippen LogP contribution in [0.3, 0.4) is 0 Å². The average Bonchev–Trinajstić information content (AvgIpc) is 2.43. The number of piperazine rings is 1. The molecule has 3 rings (SSSR count). The fraction of sp³-hybridized carbons (Fsp3) is 0.357. The summed E-state index contributed by atoms with van der Waals surface area (Å²) in [5.41, 5.74) is -2.03. The quantitative estimate of drug-likeness (QED) is 0.682. The van der Waals surface area contributed by atoms with E-state index >= 15 is 0 Å². The van der Waals surface area contributed by atoms with E-state index in [9.17, 15) is 23.2 Å². The summed E-state index contributed by atoms with van der Waals surface area (Å²) in [4.78, 5) is 38.7. The highest BCUT2D eigenvalue weighted by Gasteiger charge is 2.53. The van der Waals surface area contributed by atoms with Gasteiger partial charge in [-0.3, -0.25) is 9.59 Å². The van der Waals surface area contributed by atoms with E-state index in [4.69, 9.17) is 0 Å². The molecule has 0 unspecified atom stereocenters. The molecule has 2 fully saturated rings. The van der Waals surface area contributed by atoms with Crippen molar-refractivity contribution in [2.24, 2.45) is 0 Å². The number of benzene rings is 1. The van der Waals surface area contributed by atoms with Crippen molar-refractivity contribution in [3.63, 3.8) is 0 Å². The van der Waals surface area contributed by atoms with Gasteiger partial charge in [0.1, 0.15) is 11.2 Å². The normalized spacial score (nSPS) is 24.6. The molecule has 1 aromatic rings. The van der Waals surface area contributed by atoms with Crippen LogP contribution in [-0.2, 0) is 9.59 Å². The predicted octanol–water partition coefficient (Wildman–Crippen LogP) is 1.62. The van der Waals surface area contributed by atoms with E-state index in [1.54, 1.807) is 22.6 Å². The molecule has 6 nitrogen and oxygen atoms in total. The van der Waals surface area contributed by atoms with Gasteiger partial charge < -0.3 is 10.2 Å². The molecule has 2 aliphatic heterocycles. The van der Waals surface area contributed by atoms with Gasteiger partial charge in [0.15, 0.2) is 11.6 Å². The number of halogens is 3. The third-order valence-corrected chi connectivity index (χ3v) is 4.70. The second-order valence-electron chi connectivity index (χ2n) is 5.59. The van der Waals surface area contributed by atoms with Crippen LogP contribution >= 0.6 is 22.6 Å². The van der Waals surface area contributed by atoms with Crippen LogP contribution in [0.15, 0.2) is 12.1 Å². The number of carbonyl (C=O) groups excluding carboxylic acids is 3. The molecule has 2 aliphatic rings. The second kappa shape index (κ2) is 5.39. The Morgan fingerprint density at radius 3 is 2.43 bits per heavy atom. The number of hydrogen-bond donors (Lipinski definition) is 1. The van der Waals surface area contributed by atoms with Gasteiger partial charge in [0.05, 0.1) is 6.42 Å². The van der Waals surface area contributed by atoms with E-state index in [0.717, 1.165) is 12.1 Å². The SMILES string of the molecule is C[C@]12CC(=O)N(c3c(F)cc(I)cc3F)C(=O)N1CCNC2=O. The molecule has 0 aliphatic carbocycles. The Balaban J connectivity index is 2.08. The smallest absolute Gasteiger partial charge is 0.332 e. The fourth-order valence-electron chi connectivity index (χ4n) is 2.89. The Labute approximate surface area is 143 Å². The standard InChI is InChI=1S/C14H12F2IN3O3/c1-14-6-10(21)20(11-8(15)4-7(17)5-9(11)16)13(23)19(14)3-2-18-12(14)22/h4-5H,2-3,6H2,1H3,(H,18,22)/t14-/m1/s1. The Kier molecular flexibility index (Phi) is 3.77. The zero-order valence-corrected chi connectivity index (χ0v) is 14.2. The molecular formula is C14H12F2IN3O3. The number of imide groups is 1. The Morgan fingerprint density at radius 1 is 1.22 bits per heavy atom. The van der Waals surface area contributed by atoms with Crippen LogP contribution in [0, 0.1) is 15.2 Å². The minimum absolute atomic E-state index is 0.165. The minimum atomic E-state index is -1.33. The minimum Gasteiger partial charge on any atom is -0.352 e. The first kappa shape index (κ1) is 16.1. The van der Waals surface area contributed by atoms with Gasteiger partial charge in [0.25, 0.3) is 0 Å². The highest BCUT2D eigenvalue weighted by atomic mass is 127. The van der Waals surface area contributed by atoms with Crippen molar-refractivity contribution in [1.82, 2.24) is 10.2 Å². The van der Waals surface area contributed by atoms with E-state index in [0.29, 0.717) is 8.47 Å². The number of hydrogen-bond acceptors (Lipinski definition) is 3. The maximum atomic E-state index is 14.1. The summed E-state index contributed by atoms with van der Waals surface area (Å²) in [6.07, 6.45) is -0.338. The molecule has 0 radical (unpaired) electrons. The van der Waals surface area contributed by atoms with Gasteiger partial charge >= 0.3 is 6.03 Å². The fourth-order valence-corrected chi connectivity index (χ4v) is 3.44. The molecule has 9 heteroatoms. The summed E-state index contributed by atoms with van der Waals surface area (Å²) >= 11 is 1.73. The topological polar surface area (TPSA) is 69.7 Å². The number of rotatable bonds is 1. The highest BCUT2D eigenvalue weighted by molar-refractivity contribution is 14.1. The summed E-state index contributed by atoms with van der Waals surface area (Å²) in [6, 6.07) is 1.18. The number of nitrogens with zero attached hydrogens (tertiary/aromatic N) is 2. The van der Waals surface area contributed by atoms with Gasteiger partial charge in [-0.05, 0) is 41.6 Å². The average molecular weight is 435 g/mol. The lowest BCUT2D eigenvalue weighted by Gasteiger charge is -2.48. The summed E-state index contributed by atoms with van der Waals surface area (Å²) < 4.78 is 28.6. The predicted molar refractivity (Wildman–Crippen MR) is 84.7 cm³/mol. The molecule has 0 spiro atoms. The Hall–Kier alpha value is -1.78. The number of nitrogens with one attached hydrogen (secondary N) is 1. The van der Waals surface area contributed by atoms with E-state index < -0.39 is 40.7 Å². The van der Waals surface area contributed by atoms with Gasteiger partial charge in [-0.2, -0.15) is 0 Å². The van der Waals surface area contributed by atoms with Crippen LogP contribution in [0.1, 0.15) is 13.3 Å². The lowest BCUT2D eigenvalue weighted by molar-refractivity contribution is -0.140. The van der Waals surface area contributed by atoms with E-state index in [-0.39, 0.29) is 19.5 Å². The summed E-state index contributed by atoms with van der Waals surface area (Å²) in [5.74, 6) is -3.26. The van der Waals surface area contributed by atoms with Crippen molar-refractivity contribution in [2.45, 2.75) is 18.9 Å². The molecule has 0 aromatic heterocycles. The number of carbonyl (C=O) groups is 3. The van der Waals surface area contributed by atoms with Crippen molar-refractivity contribution < 1.29 is 23.2 Å². The maximum Gasteiger partial charge on any atom is 0.332 e. The molecule has 4 amide bonds. The van der Waals surface area contributed by atoms with E-state index in [1.807, 2.05) is 0 Å². The molecule has 2 heterocycles. The van der Waals surface area contributed by atoms with Crippen LogP contribution in [0.2, 0.25) is 0 Å². The first-order valence-corrected chi connectivity index (χ1v) is 7.91. The molecule has 1 aromatic carbocycles. The van der Waals surface area contributed by atoms with Gasteiger partial charge in [0, 0.05) is 16.7 Å².